The number of nitrogens with zero attached hydrogens (tertiary/aromatic N) is 1. The molecule has 1 fully saturated rings. The summed E-state index contributed by atoms with van der Waals surface area (Å²) in [6.45, 7) is 4.86. The van der Waals surface area contributed by atoms with Gasteiger partial charge in [0.2, 0.25) is 0 Å². The minimum absolute atomic E-state index is 0.0232. The molecule has 0 bridgehead atoms. The third-order valence-corrected chi connectivity index (χ3v) is 5.25. The van der Waals surface area contributed by atoms with Crippen molar-refractivity contribution in [3.8, 4) is 0 Å². The smallest absolute Gasteiger partial charge is 0.319 e. The number of benzene rings is 1. The Labute approximate surface area is 170 Å². The highest BCUT2D eigenvalue weighted by atomic mass is 16.7. The molecular formula is C21H29N3O5. The van der Waals surface area contributed by atoms with Gasteiger partial charge in [-0.1, -0.05) is 19.3 Å². The molecule has 0 unspecified atom stereocenters. The molecule has 0 atom stereocenters. The maximum atomic E-state index is 12.8. The molecule has 1 aromatic carbocycles. The minimum Gasteiger partial charge on any atom is -0.351 e. The molecule has 0 radical (unpaired) electrons. The molecule has 0 spiro atoms. The molecule has 3 rings (SSSR count). The fourth-order valence-corrected chi connectivity index (χ4v) is 3.90. The molecule has 0 saturated heterocycles. The number of carbonyl (C=O) groups excluding carboxylic acids is 3. The summed E-state index contributed by atoms with van der Waals surface area (Å²) in [5.41, 5.74) is 1.21. The van der Waals surface area contributed by atoms with E-state index in [4.69, 9.17) is 9.47 Å². The summed E-state index contributed by atoms with van der Waals surface area (Å²) in [7, 11) is 0. The maximum Gasteiger partial charge on any atom is 0.319 e. The van der Waals surface area contributed by atoms with Crippen molar-refractivity contribution in [1.82, 2.24) is 10.2 Å². The van der Waals surface area contributed by atoms with Gasteiger partial charge in [-0.05, 0) is 44.9 Å². The molecule has 2 aliphatic rings. The molecule has 1 aromatic rings. The van der Waals surface area contributed by atoms with Gasteiger partial charge in [0, 0.05) is 24.9 Å². The lowest BCUT2D eigenvalue weighted by molar-refractivity contribution is -0.131. The highest BCUT2D eigenvalue weighted by molar-refractivity contribution is 6.22. The van der Waals surface area contributed by atoms with Crippen molar-refractivity contribution in [1.29, 1.82) is 0 Å². The Balaban J connectivity index is 1.63. The topological polar surface area (TPSA) is 97.0 Å². The van der Waals surface area contributed by atoms with Gasteiger partial charge in [-0.2, -0.15) is 0 Å². The normalized spacial score (nSPS) is 17.0. The SMILES string of the molecule is CCOC(CNC(=O)Nc1ccc2c(c1)C(=O)N(C1CCCCC1)C2=O)OCC. The molecule has 8 nitrogen and oxygen atoms in total. The summed E-state index contributed by atoms with van der Waals surface area (Å²) < 4.78 is 10.8. The summed E-state index contributed by atoms with van der Waals surface area (Å²) in [6.07, 6.45) is 4.43. The Morgan fingerprint density at radius 3 is 2.38 bits per heavy atom. The Bertz CT molecular complexity index is 755. The molecule has 29 heavy (non-hydrogen) atoms. The molecule has 4 amide bonds. The molecule has 158 valence electrons. The van der Waals surface area contributed by atoms with Crippen LogP contribution in [0.4, 0.5) is 10.5 Å². The third-order valence-electron chi connectivity index (χ3n) is 5.25. The summed E-state index contributed by atoms with van der Waals surface area (Å²) in [5.74, 6) is -0.502. The molecule has 0 aromatic heterocycles. The van der Waals surface area contributed by atoms with Crippen LogP contribution in [-0.4, -0.2) is 54.8 Å². The average molecular weight is 403 g/mol. The fourth-order valence-electron chi connectivity index (χ4n) is 3.90. The summed E-state index contributed by atoms with van der Waals surface area (Å²) in [5, 5.41) is 5.38. The number of urea groups is 1. The molecule has 1 aliphatic carbocycles. The Kier molecular flexibility index (Phi) is 7.22. The number of nitrogens with one attached hydrogen (secondary N) is 2. The standard InChI is InChI=1S/C21H29N3O5/c1-3-28-18(29-4-2)13-22-21(27)23-14-10-11-16-17(12-14)20(26)24(19(16)25)15-8-6-5-7-9-15/h10-12,15,18H,3-9,13H2,1-2H3,(H2,22,23,27). The van der Waals surface area contributed by atoms with Crippen LogP contribution in [-0.2, 0) is 9.47 Å². The predicted molar refractivity (Wildman–Crippen MR) is 108 cm³/mol. The van der Waals surface area contributed by atoms with Crippen molar-refractivity contribution in [2.45, 2.75) is 58.3 Å². The number of fused-ring (bicyclic) bond motifs is 1. The average Bonchev–Trinajstić information content (AvgIpc) is 2.97. The van der Waals surface area contributed by atoms with E-state index in [1.54, 1.807) is 18.2 Å². The Morgan fingerprint density at radius 2 is 1.72 bits per heavy atom. The van der Waals surface area contributed by atoms with E-state index in [-0.39, 0.29) is 24.4 Å². The van der Waals surface area contributed by atoms with Gasteiger partial charge in [0.15, 0.2) is 6.29 Å². The lowest BCUT2D eigenvalue weighted by atomic mass is 9.94. The molecule has 1 heterocycles. The monoisotopic (exact) mass is 403 g/mol. The van der Waals surface area contributed by atoms with Crippen LogP contribution in [0.3, 0.4) is 0 Å². The van der Waals surface area contributed by atoms with Crippen LogP contribution in [0.25, 0.3) is 0 Å². The number of hydrogen-bond donors (Lipinski definition) is 2. The van der Waals surface area contributed by atoms with Gasteiger partial charge in [0.05, 0.1) is 17.7 Å². The van der Waals surface area contributed by atoms with Gasteiger partial charge in [0.1, 0.15) is 0 Å². The van der Waals surface area contributed by atoms with E-state index in [1.807, 2.05) is 13.8 Å². The van der Waals surface area contributed by atoms with Crippen molar-refractivity contribution < 1.29 is 23.9 Å². The number of amides is 4. The fraction of sp³-hybridized carbons (Fsp3) is 0.571. The largest absolute Gasteiger partial charge is 0.351 e. The first kappa shape index (κ1) is 21.3. The number of hydrogen-bond acceptors (Lipinski definition) is 5. The Morgan fingerprint density at radius 1 is 1.07 bits per heavy atom. The van der Waals surface area contributed by atoms with E-state index < -0.39 is 12.3 Å². The van der Waals surface area contributed by atoms with Gasteiger partial charge >= 0.3 is 6.03 Å². The first-order valence-corrected chi connectivity index (χ1v) is 10.3. The van der Waals surface area contributed by atoms with Crippen LogP contribution in [0.2, 0.25) is 0 Å². The second-order valence-electron chi connectivity index (χ2n) is 7.21. The number of rotatable bonds is 8. The number of ether oxygens (including phenoxy) is 2. The zero-order chi connectivity index (χ0) is 20.8. The van der Waals surface area contributed by atoms with Crippen molar-refractivity contribution in [3.63, 3.8) is 0 Å². The first-order chi connectivity index (χ1) is 14.0. The summed E-state index contributed by atoms with van der Waals surface area (Å²) >= 11 is 0. The number of imide groups is 1. The van der Waals surface area contributed by atoms with Crippen LogP contribution in [0, 0.1) is 0 Å². The van der Waals surface area contributed by atoms with Gasteiger partial charge < -0.3 is 20.1 Å². The highest BCUT2D eigenvalue weighted by Gasteiger charge is 2.40. The lowest BCUT2D eigenvalue weighted by Gasteiger charge is -2.29. The summed E-state index contributed by atoms with van der Waals surface area (Å²) in [4.78, 5) is 39.2. The van der Waals surface area contributed by atoms with Crippen molar-refractivity contribution in [2.75, 3.05) is 25.1 Å². The zero-order valence-corrected chi connectivity index (χ0v) is 17.0. The predicted octanol–water partition coefficient (Wildman–Crippen LogP) is 3.14. The van der Waals surface area contributed by atoms with E-state index >= 15 is 0 Å². The van der Waals surface area contributed by atoms with E-state index in [2.05, 4.69) is 10.6 Å². The zero-order valence-electron chi connectivity index (χ0n) is 17.0. The van der Waals surface area contributed by atoms with Crippen molar-refractivity contribution in [3.05, 3.63) is 29.3 Å². The number of carbonyl (C=O) groups is 3. The highest BCUT2D eigenvalue weighted by Crippen LogP contribution is 2.32. The number of anilines is 1. The van der Waals surface area contributed by atoms with Gasteiger partial charge in [-0.15, -0.1) is 0 Å². The van der Waals surface area contributed by atoms with Crippen molar-refractivity contribution >= 4 is 23.5 Å². The maximum absolute atomic E-state index is 12.8. The quantitative estimate of drug-likeness (QED) is 0.513. The Hall–Kier alpha value is -2.45. The van der Waals surface area contributed by atoms with Crippen LogP contribution < -0.4 is 10.6 Å². The van der Waals surface area contributed by atoms with E-state index in [0.717, 1.165) is 32.1 Å². The lowest BCUT2D eigenvalue weighted by Crippen LogP contribution is -2.40. The molecule has 8 heteroatoms. The van der Waals surface area contributed by atoms with Gasteiger partial charge in [-0.25, -0.2) is 4.79 Å². The molecule has 2 N–H and O–H groups in total. The first-order valence-electron chi connectivity index (χ1n) is 10.3. The van der Waals surface area contributed by atoms with E-state index in [9.17, 15) is 14.4 Å². The molecule has 1 aliphatic heterocycles. The van der Waals surface area contributed by atoms with E-state index in [1.165, 1.54) is 4.90 Å². The van der Waals surface area contributed by atoms with E-state index in [0.29, 0.717) is 30.0 Å². The minimum atomic E-state index is -0.515. The molecule has 1 saturated carbocycles. The van der Waals surface area contributed by atoms with Crippen LogP contribution in [0.15, 0.2) is 18.2 Å². The summed E-state index contributed by atoms with van der Waals surface area (Å²) in [6, 6.07) is 4.36. The van der Waals surface area contributed by atoms with Crippen LogP contribution in [0.5, 0.6) is 0 Å². The van der Waals surface area contributed by atoms with Crippen LogP contribution in [0.1, 0.15) is 66.7 Å². The molecular weight excluding hydrogens is 374 g/mol. The van der Waals surface area contributed by atoms with Crippen LogP contribution >= 0.6 is 0 Å². The second-order valence-corrected chi connectivity index (χ2v) is 7.21. The van der Waals surface area contributed by atoms with Crippen molar-refractivity contribution in [2.24, 2.45) is 0 Å². The van der Waals surface area contributed by atoms with Gasteiger partial charge in [-0.3, -0.25) is 14.5 Å². The second kappa shape index (κ2) is 9.84. The third kappa shape index (κ3) is 4.94. The van der Waals surface area contributed by atoms with Gasteiger partial charge in [0.25, 0.3) is 11.8 Å².